The molecule has 2 fully saturated rings. The van der Waals surface area contributed by atoms with Gasteiger partial charge in [-0.15, -0.1) is 0 Å². The number of hydrogen-bond acceptors (Lipinski definition) is 5. The topological polar surface area (TPSA) is 57.3 Å². The summed E-state index contributed by atoms with van der Waals surface area (Å²) >= 11 is 5.71. The summed E-state index contributed by atoms with van der Waals surface area (Å²) < 4.78 is 11.0. The van der Waals surface area contributed by atoms with Crippen molar-refractivity contribution >= 4 is 34.8 Å². The monoisotopic (exact) mass is 420 g/mol. The molecule has 0 bridgehead atoms. The molecule has 0 unspecified atom stereocenters. The molecule has 0 radical (unpaired) electrons. The zero-order valence-electron chi connectivity index (χ0n) is 17.6. The standard InChI is InChI=1S/C21H32N4O3S/c1-21(2,3)28-20(26)25-10-6-9-24(11-12-25)19(29)22-17-7-4-5-8-18(17)23-13-15-27-16-14-23/h4-5,7-8H,6,9-16H2,1-3H3,(H,22,29). The van der Waals surface area contributed by atoms with Crippen LogP contribution in [0.5, 0.6) is 0 Å². The SMILES string of the molecule is CC(C)(C)OC(=O)N1CCCN(C(=S)Nc2ccccc2N2CCOCC2)CC1. The number of carbonyl (C=O) groups excluding carboxylic acids is 1. The molecule has 2 aliphatic rings. The fourth-order valence-corrected chi connectivity index (χ4v) is 3.78. The normalized spacial score (nSPS) is 18.2. The van der Waals surface area contributed by atoms with Gasteiger partial charge in [0.05, 0.1) is 24.6 Å². The van der Waals surface area contributed by atoms with E-state index in [4.69, 9.17) is 21.7 Å². The predicted octanol–water partition coefficient (Wildman–Crippen LogP) is 3.16. The summed E-state index contributed by atoms with van der Waals surface area (Å²) in [7, 11) is 0. The van der Waals surface area contributed by atoms with Crippen LogP contribution < -0.4 is 10.2 Å². The molecule has 29 heavy (non-hydrogen) atoms. The molecule has 0 aromatic heterocycles. The highest BCUT2D eigenvalue weighted by Gasteiger charge is 2.25. The lowest BCUT2D eigenvalue weighted by atomic mass is 10.2. The molecule has 0 saturated carbocycles. The maximum atomic E-state index is 12.4. The molecule has 2 saturated heterocycles. The van der Waals surface area contributed by atoms with Crippen LogP contribution in [-0.4, -0.2) is 79.1 Å². The summed E-state index contributed by atoms with van der Waals surface area (Å²) in [5.41, 5.74) is 1.67. The summed E-state index contributed by atoms with van der Waals surface area (Å²) in [5.74, 6) is 0. The summed E-state index contributed by atoms with van der Waals surface area (Å²) in [6.45, 7) is 11.7. The zero-order chi connectivity index (χ0) is 20.9. The van der Waals surface area contributed by atoms with Crippen LogP contribution >= 0.6 is 12.2 Å². The lowest BCUT2D eigenvalue weighted by Gasteiger charge is -2.32. The number of benzene rings is 1. The van der Waals surface area contributed by atoms with Gasteiger partial charge in [0.15, 0.2) is 5.11 Å². The van der Waals surface area contributed by atoms with Crippen LogP contribution in [0.4, 0.5) is 16.2 Å². The van der Waals surface area contributed by atoms with Crippen LogP contribution in [0.15, 0.2) is 24.3 Å². The molecule has 0 atom stereocenters. The van der Waals surface area contributed by atoms with E-state index in [1.807, 2.05) is 32.9 Å². The smallest absolute Gasteiger partial charge is 0.410 e. The van der Waals surface area contributed by atoms with Crippen LogP contribution in [0.25, 0.3) is 0 Å². The lowest BCUT2D eigenvalue weighted by molar-refractivity contribution is 0.0260. The van der Waals surface area contributed by atoms with E-state index in [-0.39, 0.29) is 6.09 Å². The Morgan fingerprint density at radius 3 is 2.41 bits per heavy atom. The van der Waals surface area contributed by atoms with Crippen molar-refractivity contribution in [2.75, 3.05) is 62.7 Å². The first-order chi connectivity index (χ1) is 13.8. The van der Waals surface area contributed by atoms with Gasteiger partial charge < -0.3 is 29.5 Å². The Labute approximate surface area is 178 Å². The summed E-state index contributed by atoms with van der Waals surface area (Å²) in [6, 6.07) is 8.23. The average molecular weight is 421 g/mol. The van der Waals surface area contributed by atoms with Gasteiger partial charge in [0.1, 0.15) is 5.60 Å². The third kappa shape index (κ3) is 6.21. The molecule has 0 aliphatic carbocycles. The maximum Gasteiger partial charge on any atom is 0.410 e. The van der Waals surface area contributed by atoms with E-state index in [0.29, 0.717) is 24.7 Å². The second kappa shape index (κ2) is 9.63. The van der Waals surface area contributed by atoms with Crippen molar-refractivity contribution in [2.45, 2.75) is 32.8 Å². The minimum atomic E-state index is -0.483. The van der Waals surface area contributed by atoms with Crippen LogP contribution in [-0.2, 0) is 9.47 Å². The molecular formula is C21H32N4O3S. The van der Waals surface area contributed by atoms with Crippen molar-refractivity contribution in [1.82, 2.24) is 9.80 Å². The summed E-state index contributed by atoms with van der Waals surface area (Å²) in [5, 5.41) is 4.12. The van der Waals surface area contributed by atoms with E-state index >= 15 is 0 Å². The van der Waals surface area contributed by atoms with E-state index in [9.17, 15) is 4.79 Å². The van der Waals surface area contributed by atoms with E-state index in [1.165, 1.54) is 0 Å². The molecule has 2 heterocycles. The third-order valence-electron chi connectivity index (χ3n) is 4.93. The Balaban J connectivity index is 1.60. The van der Waals surface area contributed by atoms with Gasteiger partial charge in [-0.25, -0.2) is 4.79 Å². The maximum absolute atomic E-state index is 12.4. The predicted molar refractivity (Wildman–Crippen MR) is 120 cm³/mol. The number of carbonyl (C=O) groups is 1. The highest BCUT2D eigenvalue weighted by molar-refractivity contribution is 7.80. The first-order valence-corrected chi connectivity index (χ1v) is 10.7. The van der Waals surface area contributed by atoms with Gasteiger partial charge in [-0.1, -0.05) is 12.1 Å². The zero-order valence-corrected chi connectivity index (χ0v) is 18.5. The molecule has 3 rings (SSSR count). The Morgan fingerprint density at radius 2 is 1.69 bits per heavy atom. The van der Waals surface area contributed by atoms with Crippen molar-refractivity contribution in [3.05, 3.63) is 24.3 Å². The van der Waals surface area contributed by atoms with Crippen molar-refractivity contribution in [3.8, 4) is 0 Å². The van der Waals surface area contributed by atoms with Crippen molar-refractivity contribution < 1.29 is 14.3 Å². The molecule has 1 N–H and O–H groups in total. The van der Waals surface area contributed by atoms with E-state index in [1.54, 1.807) is 4.90 Å². The third-order valence-corrected chi connectivity index (χ3v) is 5.29. The lowest BCUT2D eigenvalue weighted by Crippen LogP contribution is -2.41. The summed E-state index contributed by atoms with van der Waals surface area (Å²) in [4.78, 5) is 18.6. The molecule has 0 spiro atoms. The van der Waals surface area contributed by atoms with Crippen LogP contribution in [0.2, 0.25) is 0 Å². The number of anilines is 2. The minimum Gasteiger partial charge on any atom is -0.444 e. The first-order valence-electron chi connectivity index (χ1n) is 10.3. The molecular weight excluding hydrogens is 388 g/mol. The Bertz CT molecular complexity index is 716. The van der Waals surface area contributed by atoms with E-state index < -0.39 is 5.60 Å². The average Bonchev–Trinajstić information content (AvgIpc) is 2.94. The van der Waals surface area contributed by atoms with Gasteiger partial charge in [0.2, 0.25) is 0 Å². The number of rotatable bonds is 2. The van der Waals surface area contributed by atoms with Crippen LogP contribution in [0.1, 0.15) is 27.2 Å². The highest BCUT2D eigenvalue weighted by atomic mass is 32.1. The molecule has 1 aromatic carbocycles. The number of hydrogen-bond donors (Lipinski definition) is 1. The summed E-state index contributed by atoms with van der Waals surface area (Å²) in [6.07, 6.45) is 0.600. The van der Waals surface area contributed by atoms with Crippen LogP contribution in [0.3, 0.4) is 0 Å². The van der Waals surface area contributed by atoms with Gasteiger partial charge in [0.25, 0.3) is 0 Å². The van der Waals surface area contributed by atoms with E-state index in [0.717, 1.165) is 50.6 Å². The number of thiocarbonyl (C=S) groups is 1. The fourth-order valence-electron chi connectivity index (χ4n) is 3.48. The number of nitrogens with zero attached hydrogens (tertiary/aromatic N) is 3. The quantitative estimate of drug-likeness (QED) is 0.738. The Kier molecular flexibility index (Phi) is 7.18. The molecule has 8 heteroatoms. The van der Waals surface area contributed by atoms with Gasteiger partial charge in [0, 0.05) is 39.3 Å². The first kappa shape index (κ1) is 21.6. The van der Waals surface area contributed by atoms with Crippen molar-refractivity contribution in [3.63, 3.8) is 0 Å². The molecule has 7 nitrogen and oxygen atoms in total. The van der Waals surface area contributed by atoms with Gasteiger partial charge in [-0.2, -0.15) is 0 Å². The number of ether oxygens (including phenoxy) is 2. The fraction of sp³-hybridized carbons (Fsp3) is 0.619. The largest absolute Gasteiger partial charge is 0.444 e. The molecule has 1 aromatic rings. The van der Waals surface area contributed by atoms with Gasteiger partial charge in [-0.05, 0) is 51.5 Å². The Morgan fingerprint density at radius 1 is 1.03 bits per heavy atom. The van der Waals surface area contributed by atoms with Crippen molar-refractivity contribution in [2.24, 2.45) is 0 Å². The van der Waals surface area contributed by atoms with Crippen LogP contribution in [0, 0.1) is 0 Å². The van der Waals surface area contributed by atoms with Crippen molar-refractivity contribution in [1.29, 1.82) is 0 Å². The number of para-hydroxylation sites is 2. The highest BCUT2D eigenvalue weighted by Crippen LogP contribution is 2.27. The number of amides is 1. The van der Waals surface area contributed by atoms with E-state index in [2.05, 4.69) is 27.2 Å². The molecule has 160 valence electrons. The number of morpholine rings is 1. The van der Waals surface area contributed by atoms with Gasteiger partial charge >= 0.3 is 6.09 Å². The van der Waals surface area contributed by atoms with Gasteiger partial charge in [-0.3, -0.25) is 0 Å². The minimum absolute atomic E-state index is 0.254. The number of nitrogens with one attached hydrogen (secondary N) is 1. The Hall–Kier alpha value is -2.06. The molecule has 2 aliphatic heterocycles. The second-order valence-corrected chi connectivity index (χ2v) is 8.74. The molecule has 1 amide bonds. The second-order valence-electron chi connectivity index (χ2n) is 8.35.